The number of aromatic amines is 1. The predicted octanol–water partition coefficient (Wildman–Crippen LogP) is 2.55. The SMILES string of the molecule is O[C@@H]1CO[C@H]2[C@@H]1OC[C@H]2Oc1nc2nc(CCc3ccn(Cc4ccccc4)n3)c(Cl)cc2[nH]1. The number of aliphatic hydroxyl groups excluding tert-OH is 1. The molecule has 6 rings (SSSR count). The molecular formula is C24H24ClN5O4. The normalized spacial score (nSPS) is 24.1. The summed E-state index contributed by atoms with van der Waals surface area (Å²) in [6, 6.07) is 14.4. The van der Waals surface area contributed by atoms with Gasteiger partial charge in [0.2, 0.25) is 0 Å². The van der Waals surface area contributed by atoms with Crippen molar-refractivity contribution < 1.29 is 19.3 Å². The van der Waals surface area contributed by atoms with E-state index in [1.165, 1.54) is 5.56 Å². The Hall–Kier alpha value is -2.98. The first-order valence-corrected chi connectivity index (χ1v) is 11.7. The minimum Gasteiger partial charge on any atom is -0.456 e. The molecule has 3 aromatic heterocycles. The van der Waals surface area contributed by atoms with Crippen LogP contribution in [0.4, 0.5) is 0 Å². The van der Waals surface area contributed by atoms with Crippen LogP contribution in [0.2, 0.25) is 5.02 Å². The summed E-state index contributed by atoms with van der Waals surface area (Å²) in [7, 11) is 0. The van der Waals surface area contributed by atoms with Crippen LogP contribution in [0.3, 0.4) is 0 Å². The van der Waals surface area contributed by atoms with Crippen LogP contribution >= 0.6 is 11.6 Å². The summed E-state index contributed by atoms with van der Waals surface area (Å²) in [5.41, 5.74) is 4.18. The highest BCUT2D eigenvalue weighted by Gasteiger charge is 2.48. The standard InChI is InChI=1S/C24H24ClN5O4/c25-16-10-18-23(28-24(27-18)34-20-13-33-21-19(31)12-32-22(20)21)26-17(16)7-6-15-8-9-30(29-15)11-14-4-2-1-3-5-14/h1-5,8-10,19-22,31H,6-7,11-13H2,(H,26,27,28)/t19-,20-,21-,22-/m1/s1. The zero-order chi connectivity index (χ0) is 23.1. The van der Waals surface area contributed by atoms with Crippen LogP contribution in [0.25, 0.3) is 11.2 Å². The zero-order valence-electron chi connectivity index (χ0n) is 18.3. The van der Waals surface area contributed by atoms with Crippen molar-refractivity contribution in [3.05, 3.63) is 70.6 Å². The Morgan fingerprint density at radius 3 is 2.82 bits per heavy atom. The van der Waals surface area contributed by atoms with Gasteiger partial charge in [-0.3, -0.25) is 4.68 Å². The Morgan fingerprint density at radius 1 is 1.09 bits per heavy atom. The van der Waals surface area contributed by atoms with Crippen LogP contribution in [0.15, 0.2) is 48.7 Å². The van der Waals surface area contributed by atoms with E-state index in [1.807, 2.05) is 41.2 Å². The quantitative estimate of drug-likeness (QED) is 0.417. The molecule has 10 heteroatoms. The first-order valence-electron chi connectivity index (χ1n) is 11.3. The molecule has 2 fully saturated rings. The fourth-order valence-electron chi connectivity index (χ4n) is 4.49. The van der Waals surface area contributed by atoms with Gasteiger partial charge in [0.15, 0.2) is 11.8 Å². The summed E-state index contributed by atoms with van der Waals surface area (Å²) in [6.07, 6.45) is 1.72. The van der Waals surface area contributed by atoms with E-state index in [0.717, 1.165) is 24.4 Å². The summed E-state index contributed by atoms with van der Waals surface area (Å²) in [4.78, 5) is 12.2. The number of hydrogen-bond donors (Lipinski definition) is 2. The highest BCUT2D eigenvalue weighted by atomic mass is 35.5. The molecule has 0 bridgehead atoms. The molecule has 0 radical (unpaired) electrons. The fourth-order valence-corrected chi connectivity index (χ4v) is 4.74. The minimum atomic E-state index is -0.623. The van der Waals surface area contributed by atoms with Crippen LogP contribution in [0.5, 0.6) is 6.01 Å². The molecule has 0 aliphatic carbocycles. The lowest BCUT2D eigenvalue weighted by atomic mass is 10.1. The van der Waals surface area contributed by atoms with Gasteiger partial charge in [0.25, 0.3) is 6.01 Å². The monoisotopic (exact) mass is 481 g/mol. The molecule has 9 nitrogen and oxygen atoms in total. The number of nitrogens with one attached hydrogen (secondary N) is 1. The van der Waals surface area contributed by atoms with Gasteiger partial charge in [0.1, 0.15) is 18.3 Å². The molecule has 0 saturated carbocycles. The zero-order valence-corrected chi connectivity index (χ0v) is 19.1. The van der Waals surface area contributed by atoms with E-state index in [-0.39, 0.29) is 24.9 Å². The summed E-state index contributed by atoms with van der Waals surface area (Å²) in [5, 5.41) is 15.1. The summed E-state index contributed by atoms with van der Waals surface area (Å²) in [5.74, 6) is 0. The second-order valence-electron chi connectivity index (χ2n) is 8.64. The number of pyridine rings is 1. The van der Waals surface area contributed by atoms with Crippen LogP contribution in [0, 0.1) is 0 Å². The van der Waals surface area contributed by atoms with Gasteiger partial charge >= 0.3 is 0 Å². The summed E-state index contributed by atoms with van der Waals surface area (Å²) >= 11 is 6.51. The van der Waals surface area contributed by atoms with E-state index in [4.69, 9.17) is 25.8 Å². The topological polar surface area (TPSA) is 107 Å². The number of halogens is 1. The van der Waals surface area contributed by atoms with E-state index in [0.29, 0.717) is 35.2 Å². The molecule has 2 aliphatic heterocycles. The lowest BCUT2D eigenvalue weighted by Gasteiger charge is -2.15. The predicted molar refractivity (Wildman–Crippen MR) is 124 cm³/mol. The number of fused-ring (bicyclic) bond motifs is 2. The number of ether oxygens (including phenoxy) is 3. The number of benzene rings is 1. The van der Waals surface area contributed by atoms with E-state index in [9.17, 15) is 5.11 Å². The Morgan fingerprint density at radius 2 is 1.94 bits per heavy atom. The Kier molecular flexibility index (Phi) is 5.70. The van der Waals surface area contributed by atoms with Crippen LogP contribution in [0.1, 0.15) is 17.0 Å². The van der Waals surface area contributed by atoms with Gasteiger partial charge in [-0.25, -0.2) is 4.98 Å². The molecule has 5 heterocycles. The van der Waals surface area contributed by atoms with Crippen LogP contribution < -0.4 is 4.74 Å². The summed E-state index contributed by atoms with van der Waals surface area (Å²) in [6.45, 7) is 1.32. The second-order valence-corrected chi connectivity index (χ2v) is 9.05. The molecule has 0 spiro atoms. The molecule has 1 aromatic carbocycles. The molecule has 34 heavy (non-hydrogen) atoms. The number of aryl methyl sites for hydroxylation is 2. The Bertz CT molecular complexity index is 1290. The van der Waals surface area contributed by atoms with E-state index >= 15 is 0 Å². The van der Waals surface area contributed by atoms with Crippen molar-refractivity contribution in [3.63, 3.8) is 0 Å². The van der Waals surface area contributed by atoms with Crippen molar-refractivity contribution in [2.45, 2.75) is 43.8 Å². The largest absolute Gasteiger partial charge is 0.456 e. The third kappa shape index (κ3) is 4.27. The third-order valence-corrected chi connectivity index (χ3v) is 6.55. The van der Waals surface area contributed by atoms with Crippen molar-refractivity contribution >= 4 is 22.8 Å². The van der Waals surface area contributed by atoms with Crippen LogP contribution in [-0.2, 0) is 28.9 Å². The number of H-pyrrole nitrogens is 1. The number of imidazole rings is 1. The molecule has 176 valence electrons. The minimum absolute atomic E-state index is 0.250. The van der Waals surface area contributed by atoms with Crippen LogP contribution in [-0.4, -0.2) is 67.5 Å². The van der Waals surface area contributed by atoms with Crippen molar-refractivity contribution in [1.82, 2.24) is 24.7 Å². The average molecular weight is 482 g/mol. The van der Waals surface area contributed by atoms with Crippen molar-refractivity contribution in [2.24, 2.45) is 0 Å². The number of nitrogens with zero attached hydrogens (tertiary/aromatic N) is 4. The highest BCUT2D eigenvalue weighted by molar-refractivity contribution is 6.31. The molecular weight excluding hydrogens is 458 g/mol. The third-order valence-electron chi connectivity index (χ3n) is 6.22. The van der Waals surface area contributed by atoms with Gasteiger partial charge in [-0.1, -0.05) is 41.9 Å². The Labute approximate surface area is 200 Å². The van der Waals surface area contributed by atoms with E-state index in [1.54, 1.807) is 0 Å². The highest BCUT2D eigenvalue weighted by Crippen LogP contribution is 2.30. The first kappa shape index (κ1) is 21.5. The fraction of sp³-hybridized carbons (Fsp3) is 0.375. The molecule has 2 aliphatic rings. The van der Waals surface area contributed by atoms with E-state index < -0.39 is 6.10 Å². The van der Waals surface area contributed by atoms with Gasteiger partial charge in [0, 0.05) is 6.20 Å². The lowest BCUT2D eigenvalue weighted by molar-refractivity contribution is 0.00706. The van der Waals surface area contributed by atoms with Gasteiger partial charge in [-0.15, -0.1) is 0 Å². The van der Waals surface area contributed by atoms with Crippen molar-refractivity contribution in [3.8, 4) is 6.01 Å². The van der Waals surface area contributed by atoms with E-state index in [2.05, 4.69) is 32.2 Å². The van der Waals surface area contributed by atoms with Gasteiger partial charge < -0.3 is 24.3 Å². The number of rotatable bonds is 7. The maximum Gasteiger partial charge on any atom is 0.296 e. The van der Waals surface area contributed by atoms with Crippen molar-refractivity contribution in [2.75, 3.05) is 13.2 Å². The smallest absolute Gasteiger partial charge is 0.296 e. The molecule has 0 unspecified atom stereocenters. The molecule has 2 saturated heterocycles. The number of aliphatic hydroxyl groups is 1. The maximum absolute atomic E-state index is 9.90. The molecule has 0 amide bonds. The molecule has 4 atom stereocenters. The number of hydrogen-bond acceptors (Lipinski definition) is 7. The maximum atomic E-state index is 9.90. The van der Waals surface area contributed by atoms with Crippen molar-refractivity contribution in [1.29, 1.82) is 0 Å². The van der Waals surface area contributed by atoms with Gasteiger partial charge in [-0.2, -0.15) is 10.1 Å². The first-order chi connectivity index (χ1) is 16.6. The van der Waals surface area contributed by atoms with Gasteiger partial charge in [0.05, 0.1) is 41.7 Å². The second kappa shape index (κ2) is 8.99. The average Bonchev–Trinajstić information content (AvgIpc) is 3.60. The Balaban J connectivity index is 1.12. The summed E-state index contributed by atoms with van der Waals surface area (Å²) < 4.78 is 19.1. The molecule has 4 aromatic rings. The number of aromatic nitrogens is 5. The lowest BCUT2D eigenvalue weighted by Crippen LogP contribution is -2.34. The van der Waals surface area contributed by atoms with Gasteiger partial charge in [-0.05, 0) is 30.5 Å². The molecule has 2 N–H and O–H groups in total.